The van der Waals surface area contributed by atoms with Crippen molar-refractivity contribution in [1.29, 1.82) is 0 Å². The molecule has 1 saturated carbocycles. The number of nitrogens with zero attached hydrogens (tertiary/aromatic N) is 1. The first-order valence-electron chi connectivity index (χ1n) is 8.78. The van der Waals surface area contributed by atoms with Crippen molar-refractivity contribution in [3.63, 3.8) is 0 Å². The molecule has 0 aromatic heterocycles. The van der Waals surface area contributed by atoms with Crippen LogP contribution in [0.4, 0.5) is 0 Å². The van der Waals surface area contributed by atoms with Gasteiger partial charge in [-0.25, -0.2) is 0 Å². The second-order valence-corrected chi connectivity index (χ2v) is 6.83. The fourth-order valence-corrected chi connectivity index (χ4v) is 4.17. The van der Waals surface area contributed by atoms with Crippen LogP contribution in [0.2, 0.25) is 0 Å². The number of methoxy groups -OCH3 is 1. The molecular weight excluding hydrogens is 306 g/mol. The second-order valence-electron chi connectivity index (χ2n) is 6.83. The zero-order valence-corrected chi connectivity index (χ0v) is 14.1. The molecule has 3 rings (SSSR count). The lowest BCUT2D eigenvalue weighted by Gasteiger charge is -2.33. The predicted octanol–water partition coefficient (Wildman–Crippen LogP) is 3.25. The Bertz CT molecular complexity index is 615. The van der Waals surface area contributed by atoms with E-state index in [1.54, 1.807) is 7.11 Å². The Morgan fingerprint density at radius 2 is 1.88 bits per heavy atom. The summed E-state index contributed by atoms with van der Waals surface area (Å²) in [6, 6.07) is 7.90. The van der Waals surface area contributed by atoms with Crippen molar-refractivity contribution in [3.05, 3.63) is 29.8 Å². The molecule has 1 aromatic rings. The van der Waals surface area contributed by atoms with Gasteiger partial charge in [0.25, 0.3) is 0 Å². The Morgan fingerprint density at radius 3 is 2.62 bits per heavy atom. The van der Waals surface area contributed by atoms with Crippen LogP contribution in [0.1, 0.15) is 50.1 Å². The van der Waals surface area contributed by atoms with Gasteiger partial charge in [0, 0.05) is 18.0 Å². The maximum Gasteiger partial charge on any atom is 0.306 e. The molecule has 2 aliphatic rings. The topological polar surface area (TPSA) is 66.8 Å². The minimum atomic E-state index is -0.768. The highest BCUT2D eigenvalue weighted by Gasteiger charge is 2.38. The number of benzene rings is 1. The summed E-state index contributed by atoms with van der Waals surface area (Å²) in [5.41, 5.74) is 1.05. The zero-order chi connectivity index (χ0) is 17.1. The molecule has 5 nitrogen and oxygen atoms in total. The van der Waals surface area contributed by atoms with Gasteiger partial charge in [-0.1, -0.05) is 24.6 Å². The number of ether oxygens (including phenoxy) is 1. The molecule has 1 amide bonds. The van der Waals surface area contributed by atoms with E-state index in [1.807, 2.05) is 29.2 Å². The van der Waals surface area contributed by atoms with E-state index in [0.717, 1.165) is 43.5 Å². The van der Waals surface area contributed by atoms with Gasteiger partial charge in [0.2, 0.25) is 5.91 Å². The number of likely N-dealkylation sites (tertiary alicyclic amines) is 1. The molecule has 3 unspecified atom stereocenters. The summed E-state index contributed by atoms with van der Waals surface area (Å²) >= 11 is 0. The Kier molecular flexibility index (Phi) is 5.07. The predicted molar refractivity (Wildman–Crippen MR) is 89.8 cm³/mol. The van der Waals surface area contributed by atoms with Crippen molar-refractivity contribution in [2.45, 2.75) is 44.6 Å². The van der Waals surface area contributed by atoms with Gasteiger partial charge in [-0.3, -0.25) is 9.59 Å². The highest BCUT2D eigenvalue weighted by molar-refractivity contribution is 5.81. The molecule has 0 radical (unpaired) electrons. The summed E-state index contributed by atoms with van der Waals surface area (Å²) in [7, 11) is 1.65. The smallest absolute Gasteiger partial charge is 0.306 e. The van der Waals surface area contributed by atoms with Crippen molar-refractivity contribution in [1.82, 2.24) is 4.90 Å². The number of carbonyl (C=O) groups excluding carboxylic acids is 1. The molecule has 1 aliphatic carbocycles. The number of rotatable bonds is 4. The van der Waals surface area contributed by atoms with Crippen molar-refractivity contribution < 1.29 is 19.4 Å². The van der Waals surface area contributed by atoms with Crippen LogP contribution in [-0.4, -0.2) is 35.5 Å². The fraction of sp³-hybridized carbons (Fsp3) is 0.579. The molecular formula is C19H25NO4. The van der Waals surface area contributed by atoms with Gasteiger partial charge < -0.3 is 14.7 Å². The van der Waals surface area contributed by atoms with Crippen molar-refractivity contribution in [2.24, 2.45) is 11.8 Å². The highest BCUT2D eigenvalue weighted by atomic mass is 16.5. The van der Waals surface area contributed by atoms with Crippen LogP contribution in [0.3, 0.4) is 0 Å². The lowest BCUT2D eigenvalue weighted by atomic mass is 9.80. The average molecular weight is 331 g/mol. The number of hydrogen-bond donors (Lipinski definition) is 1. The van der Waals surface area contributed by atoms with Crippen molar-refractivity contribution >= 4 is 11.9 Å². The first-order valence-corrected chi connectivity index (χ1v) is 8.78. The van der Waals surface area contributed by atoms with E-state index in [2.05, 4.69) is 0 Å². The molecule has 0 spiro atoms. The molecule has 1 aromatic carbocycles. The highest BCUT2D eigenvalue weighted by Crippen LogP contribution is 2.39. The van der Waals surface area contributed by atoms with E-state index >= 15 is 0 Å². The van der Waals surface area contributed by atoms with Gasteiger partial charge in [0.05, 0.1) is 19.1 Å². The third-order valence-electron chi connectivity index (χ3n) is 5.41. The molecule has 1 aliphatic heterocycles. The number of carboxylic acid groups (broad SMARTS) is 1. The molecule has 0 bridgehead atoms. The quantitative estimate of drug-likeness (QED) is 0.920. The normalized spacial score (nSPS) is 27.0. The Hall–Kier alpha value is -2.04. The van der Waals surface area contributed by atoms with E-state index in [9.17, 15) is 14.7 Å². The van der Waals surface area contributed by atoms with Crippen LogP contribution in [0.15, 0.2) is 24.3 Å². The fourth-order valence-electron chi connectivity index (χ4n) is 4.17. The van der Waals surface area contributed by atoms with Crippen molar-refractivity contribution in [2.75, 3.05) is 13.7 Å². The molecule has 1 N–H and O–H groups in total. The first kappa shape index (κ1) is 16.8. The summed E-state index contributed by atoms with van der Waals surface area (Å²) in [5.74, 6) is -0.367. The summed E-state index contributed by atoms with van der Waals surface area (Å²) in [6.45, 7) is 0.746. The Labute approximate surface area is 142 Å². The van der Waals surface area contributed by atoms with Crippen LogP contribution < -0.4 is 4.74 Å². The van der Waals surface area contributed by atoms with Gasteiger partial charge in [0.15, 0.2) is 0 Å². The summed E-state index contributed by atoms with van der Waals surface area (Å²) in [5, 5.41) is 9.26. The van der Waals surface area contributed by atoms with Gasteiger partial charge in [-0.15, -0.1) is 0 Å². The number of para-hydroxylation sites is 1. The van der Waals surface area contributed by atoms with Crippen LogP contribution in [-0.2, 0) is 9.59 Å². The lowest BCUT2D eigenvalue weighted by molar-refractivity contribution is -0.145. The maximum absolute atomic E-state index is 13.0. The molecule has 3 atom stereocenters. The molecule has 1 saturated heterocycles. The molecule has 1 heterocycles. The summed E-state index contributed by atoms with van der Waals surface area (Å²) in [6.07, 6.45) is 4.70. The third-order valence-corrected chi connectivity index (χ3v) is 5.41. The summed E-state index contributed by atoms with van der Waals surface area (Å²) < 4.78 is 5.46. The largest absolute Gasteiger partial charge is 0.496 e. The van der Waals surface area contributed by atoms with Gasteiger partial charge in [-0.05, 0) is 38.2 Å². The van der Waals surface area contributed by atoms with Gasteiger partial charge >= 0.3 is 5.97 Å². The second kappa shape index (κ2) is 7.24. The van der Waals surface area contributed by atoms with E-state index in [1.165, 1.54) is 0 Å². The van der Waals surface area contributed by atoms with Gasteiger partial charge in [0.1, 0.15) is 5.75 Å². The molecule has 24 heavy (non-hydrogen) atoms. The third kappa shape index (κ3) is 3.25. The van der Waals surface area contributed by atoms with E-state index in [4.69, 9.17) is 4.74 Å². The first-order chi connectivity index (χ1) is 11.6. The van der Waals surface area contributed by atoms with E-state index in [-0.39, 0.29) is 23.8 Å². The number of aliphatic carboxylic acids is 1. The SMILES string of the molecule is COc1ccccc1C1CCCN1C(=O)C1CCCC(C(=O)O)C1. The average Bonchev–Trinajstić information content (AvgIpc) is 3.10. The van der Waals surface area contributed by atoms with Crippen LogP contribution in [0.25, 0.3) is 0 Å². The van der Waals surface area contributed by atoms with Gasteiger partial charge in [-0.2, -0.15) is 0 Å². The number of amides is 1. The molecule has 2 fully saturated rings. The van der Waals surface area contributed by atoms with Crippen molar-refractivity contribution in [3.8, 4) is 5.75 Å². The number of carbonyl (C=O) groups is 2. The molecule has 130 valence electrons. The molecule has 5 heteroatoms. The standard InChI is InChI=1S/C19H25NO4/c1-24-17-10-3-2-8-15(17)16-9-5-11-20(16)18(21)13-6-4-7-14(12-13)19(22)23/h2-3,8,10,13-14,16H,4-7,9,11-12H2,1H3,(H,22,23). The van der Waals surface area contributed by atoms with Crippen LogP contribution >= 0.6 is 0 Å². The minimum Gasteiger partial charge on any atom is -0.496 e. The monoisotopic (exact) mass is 331 g/mol. The maximum atomic E-state index is 13.0. The Morgan fingerprint density at radius 1 is 1.12 bits per heavy atom. The minimum absolute atomic E-state index is 0.0406. The lowest BCUT2D eigenvalue weighted by Crippen LogP contribution is -2.38. The van der Waals surface area contributed by atoms with E-state index in [0.29, 0.717) is 12.8 Å². The number of carboxylic acids is 1. The number of hydrogen-bond acceptors (Lipinski definition) is 3. The zero-order valence-electron chi connectivity index (χ0n) is 14.1. The van der Waals surface area contributed by atoms with Crippen LogP contribution in [0.5, 0.6) is 5.75 Å². The summed E-state index contributed by atoms with van der Waals surface area (Å²) in [4.78, 5) is 26.3. The van der Waals surface area contributed by atoms with E-state index < -0.39 is 5.97 Å². The Balaban J connectivity index is 1.77. The van der Waals surface area contributed by atoms with Crippen LogP contribution in [0, 0.1) is 11.8 Å².